The highest BCUT2D eigenvalue weighted by molar-refractivity contribution is 7.89. The van der Waals surface area contributed by atoms with E-state index in [1.165, 1.54) is 0 Å². The Labute approximate surface area is 143 Å². The lowest BCUT2D eigenvalue weighted by Gasteiger charge is -2.17. The van der Waals surface area contributed by atoms with E-state index in [-0.39, 0.29) is 11.9 Å². The largest absolute Gasteiger partial charge is 0.372 e. The molecule has 1 aliphatic rings. The lowest BCUT2D eigenvalue weighted by atomic mass is 10.2. The fourth-order valence-corrected chi connectivity index (χ4v) is 4.33. The van der Waals surface area contributed by atoms with Crippen molar-refractivity contribution < 1.29 is 13.2 Å². The van der Waals surface area contributed by atoms with Gasteiger partial charge in [0.05, 0.1) is 18.5 Å². The number of ether oxygens (including phenoxy) is 1. The van der Waals surface area contributed by atoms with Gasteiger partial charge in [0, 0.05) is 25.5 Å². The molecule has 1 aliphatic heterocycles. The maximum Gasteiger partial charge on any atom is 0.214 e. The molecule has 24 heavy (non-hydrogen) atoms. The van der Waals surface area contributed by atoms with Crippen molar-refractivity contribution in [2.24, 2.45) is 0 Å². The maximum atomic E-state index is 12.5. The van der Waals surface area contributed by atoms with E-state index >= 15 is 0 Å². The second kappa shape index (κ2) is 7.88. The molecule has 0 spiro atoms. The summed E-state index contributed by atoms with van der Waals surface area (Å²) >= 11 is 0. The Morgan fingerprint density at radius 3 is 2.58 bits per heavy atom. The summed E-state index contributed by atoms with van der Waals surface area (Å²) in [5, 5.41) is 0. The molecule has 1 aromatic carbocycles. The van der Waals surface area contributed by atoms with Gasteiger partial charge in [-0.2, -0.15) is 4.31 Å². The lowest BCUT2D eigenvalue weighted by Crippen LogP contribution is -2.32. The number of aryl methyl sites for hydroxylation is 1. The molecule has 5 nitrogen and oxygen atoms in total. The molecule has 1 unspecified atom stereocenters. The van der Waals surface area contributed by atoms with Crippen LogP contribution in [0.15, 0.2) is 54.9 Å². The molecule has 2 heterocycles. The second-order valence-electron chi connectivity index (χ2n) is 5.99. The fourth-order valence-electron chi connectivity index (χ4n) is 2.80. The fraction of sp³-hybridized carbons (Fsp3) is 0.389. The van der Waals surface area contributed by atoms with Crippen LogP contribution in [0.25, 0.3) is 0 Å². The van der Waals surface area contributed by atoms with Crippen LogP contribution >= 0.6 is 0 Å². The third-order valence-corrected chi connectivity index (χ3v) is 6.07. The van der Waals surface area contributed by atoms with E-state index in [1.807, 2.05) is 42.5 Å². The van der Waals surface area contributed by atoms with Crippen LogP contribution in [0.4, 0.5) is 0 Å². The Morgan fingerprint density at radius 1 is 1.08 bits per heavy atom. The smallest absolute Gasteiger partial charge is 0.214 e. The highest BCUT2D eigenvalue weighted by atomic mass is 32.2. The molecule has 1 atom stereocenters. The molecule has 0 N–H and O–H groups in total. The summed E-state index contributed by atoms with van der Waals surface area (Å²) in [6, 6.07) is 13.5. The molecule has 0 amide bonds. The van der Waals surface area contributed by atoms with E-state index in [4.69, 9.17) is 4.74 Å². The average molecular weight is 346 g/mol. The van der Waals surface area contributed by atoms with Gasteiger partial charge in [0.2, 0.25) is 10.0 Å². The van der Waals surface area contributed by atoms with Crippen molar-refractivity contribution in [1.82, 2.24) is 9.29 Å². The molecule has 0 aliphatic carbocycles. The van der Waals surface area contributed by atoms with Crippen LogP contribution in [0, 0.1) is 0 Å². The highest BCUT2D eigenvalue weighted by Gasteiger charge is 2.31. The molecule has 0 saturated carbocycles. The Kier molecular flexibility index (Phi) is 5.60. The summed E-state index contributed by atoms with van der Waals surface area (Å²) in [6.07, 6.45) is 4.71. The minimum Gasteiger partial charge on any atom is -0.372 e. The maximum absolute atomic E-state index is 12.5. The highest BCUT2D eigenvalue weighted by Crippen LogP contribution is 2.19. The van der Waals surface area contributed by atoms with Crippen molar-refractivity contribution >= 4 is 10.0 Å². The van der Waals surface area contributed by atoms with Crippen LogP contribution in [-0.4, -0.2) is 42.7 Å². The summed E-state index contributed by atoms with van der Waals surface area (Å²) in [6.45, 7) is 1.48. The minimum absolute atomic E-state index is 0.0373. The number of hydrogen-bond acceptors (Lipinski definition) is 4. The zero-order valence-electron chi connectivity index (χ0n) is 13.5. The Morgan fingerprint density at radius 2 is 1.83 bits per heavy atom. The van der Waals surface area contributed by atoms with E-state index in [1.54, 1.807) is 16.7 Å². The predicted molar refractivity (Wildman–Crippen MR) is 92.9 cm³/mol. The van der Waals surface area contributed by atoms with Crippen molar-refractivity contribution in [2.75, 3.05) is 18.8 Å². The standard InChI is InChI=1S/C18H22N2O3S/c21-24(22,13-9-16-4-2-1-3-5-16)20-12-8-18(14-20)23-15-17-6-10-19-11-7-17/h1-7,10-11,18H,8-9,12-15H2. The van der Waals surface area contributed by atoms with Crippen LogP contribution in [0.5, 0.6) is 0 Å². The van der Waals surface area contributed by atoms with E-state index in [0.29, 0.717) is 26.1 Å². The predicted octanol–water partition coefficient (Wildman–Crippen LogP) is 2.25. The Bertz CT molecular complexity index is 735. The Hall–Kier alpha value is -1.76. The SMILES string of the molecule is O=S(=O)(CCc1ccccc1)N1CCC(OCc2ccncc2)C1. The van der Waals surface area contributed by atoms with Crippen molar-refractivity contribution in [3.05, 3.63) is 66.0 Å². The van der Waals surface area contributed by atoms with Gasteiger partial charge in [-0.3, -0.25) is 4.98 Å². The number of sulfonamides is 1. The van der Waals surface area contributed by atoms with Gasteiger partial charge in [-0.25, -0.2) is 8.42 Å². The first-order valence-corrected chi connectivity index (χ1v) is 9.77. The number of benzene rings is 1. The lowest BCUT2D eigenvalue weighted by molar-refractivity contribution is 0.0508. The van der Waals surface area contributed by atoms with Crippen LogP contribution in [0.2, 0.25) is 0 Å². The number of hydrogen-bond donors (Lipinski definition) is 0. The summed E-state index contributed by atoms with van der Waals surface area (Å²) in [5.74, 6) is 0.147. The van der Waals surface area contributed by atoms with Gasteiger partial charge in [0.15, 0.2) is 0 Å². The molecular weight excluding hydrogens is 324 g/mol. The van der Waals surface area contributed by atoms with Crippen LogP contribution < -0.4 is 0 Å². The molecular formula is C18H22N2O3S. The molecule has 0 bridgehead atoms. The van der Waals surface area contributed by atoms with Crippen LogP contribution in [-0.2, 0) is 27.8 Å². The summed E-state index contributed by atoms with van der Waals surface area (Å²) in [4.78, 5) is 3.97. The third kappa shape index (κ3) is 4.63. The summed E-state index contributed by atoms with van der Waals surface area (Å²) < 4.78 is 32.4. The number of rotatable bonds is 7. The first-order chi connectivity index (χ1) is 11.6. The summed E-state index contributed by atoms with van der Waals surface area (Å²) in [5.41, 5.74) is 2.10. The van der Waals surface area contributed by atoms with Crippen LogP contribution in [0.1, 0.15) is 17.5 Å². The number of nitrogens with zero attached hydrogens (tertiary/aromatic N) is 2. The van der Waals surface area contributed by atoms with Gasteiger partial charge in [-0.1, -0.05) is 30.3 Å². The first kappa shape index (κ1) is 17.1. The minimum atomic E-state index is -3.23. The number of aromatic nitrogens is 1. The molecule has 6 heteroatoms. The van der Waals surface area contributed by atoms with E-state index < -0.39 is 10.0 Å². The molecule has 1 aromatic heterocycles. The zero-order chi connectivity index (χ0) is 16.8. The zero-order valence-corrected chi connectivity index (χ0v) is 14.4. The number of pyridine rings is 1. The molecule has 1 fully saturated rings. The first-order valence-electron chi connectivity index (χ1n) is 8.16. The third-order valence-electron chi connectivity index (χ3n) is 4.23. The molecule has 2 aromatic rings. The van der Waals surface area contributed by atoms with Gasteiger partial charge >= 0.3 is 0 Å². The monoisotopic (exact) mass is 346 g/mol. The quantitative estimate of drug-likeness (QED) is 0.771. The molecule has 128 valence electrons. The van der Waals surface area contributed by atoms with E-state index in [0.717, 1.165) is 17.5 Å². The van der Waals surface area contributed by atoms with Crippen LogP contribution in [0.3, 0.4) is 0 Å². The van der Waals surface area contributed by atoms with Crippen molar-refractivity contribution in [2.45, 2.75) is 25.6 Å². The molecule has 0 radical (unpaired) electrons. The summed E-state index contributed by atoms with van der Waals surface area (Å²) in [7, 11) is -3.23. The van der Waals surface area contributed by atoms with Gasteiger partial charge in [0.1, 0.15) is 0 Å². The average Bonchev–Trinajstić information content (AvgIpc) is 3.10. The normalized spacial score (nSPS) is 18.8. The molecule has 1 saturated heterocycles. The van der Waals surface area contributed by atoms with Crippen molar-refractivity contribution in [3.63, 3.8) is 0 Å². The van der Waals surface area contributed by atoms with Gasteiger partial charge in [-0.15, -0.1) is 0 Å². The van der Waals surface area contributed by atoms with E-state index in [2.05, 4.69) is 4.98 Å². The topological polar surface area (TPSA) is 59.5 Å². The van der Waals surface area contributed by atoms with E-state index in [9.17, 15) is 8.42 Å². The van der Waals surface area contributed by atoms with Crippen molar-refractivity contribution in [3.8, 4) is 0 Å². The van der Waals surface area contributed by atoms with Crippen molar-refractivity contribution in [1.29, 1.82) is 0 Å². The second-order valence-corrected chi connectivity index (χ2v) is 8.08. The van der Waals surface area contributed by atoms with Gasteiger partial charge in [-0.05, 0) is 36.1 Å². The van der Waals surface area contributed by atoms with Gasteiger partial charge < -0.3 is 4.74 Å². The Balaban J connectivity index is 1.49. The molecule has 3 rings (SSSR count). The van der Waals surface area contributed by atoms with Gasteiger partial charge in [0.25, 0.3) is 0 Å².